The Morgan fingerprint density at radius 3 is 2.62 bits per heavy atom. The average Bonchev–Trinajstić information content (AvgIpc) is 2.58. The molecule has 0 radical (unpaired) electrons. The second kappa shape index (κ2) is 9.03. The van der Waals surface area contributed by atoms with Crippen molar-refractivity contribution in [3.8, 4) is 5.75 Å². The van der Waals surface area contributed by atoms with E-state index < -0.39 is 17.7 Å². The van der Waals surface area contributed by atoms with Crippen molar-refractivity contribution in [2.75, 3.05) is 13.7 Å². The first-order chi connectivity index (χ1) is 11.6. The molecular weight excluding hydrogens is 311 g/mol. The van der Waals surface area contributed by atoms with Crippen molar-refractivity contribution < 1.29 is 23.8 Å². The predicted molar refractivity (Wildman–Crippen MR) is 88.7 cm³/mol. The van der Waals surface area contributed by atoms with Gasteiger partial charge >= 0.3 is 5.97 Å². The molecule has 2 rings (SSSR count). The number of carboxylic acids is 1. The van der Waals surface area contributed by atoms with Gasteiger partial charge in [0.2, 0.25) is 0 Å². The minimum absolute atomic E-state index is 0.351. The van der Waals surface area contributed by atoms with Crippen LogP contribution in [0.2, 0.25) is 0 Å². The van der Waals surface area contributed by atoms with Gasteiger partial charge in [-0.2, -0.15) is 0 Å². The molecule has 0 bridgehead atoms. The highest BCUT2D eigenvalue weighted by atomic mass is 19.1. The van der Waals surface area contributed by atoms with Crippen LogP contribution < -0.4 is 4.74 Å². The lowest BCUT2D eigenvalue weighted by Gasteiger charge is -2.16. The van der Waals surface area contributed by atoms with Crippen LogP contribution in [-0.2, 0) is 16.1 Å². The van der Waals surface area contributed by atoms with E-state index in [1.54, 1.807) is 0 Å². The van der Waals surface area contributed by atoms with Crippen molar-refractivity contribution in [2.24, 2.45) is 0 Å². The van der Waals surface area contributed by atoms with Gasteiger partial charge in [0.05, 0.1) is 19.6 Å². The van der Waals surface area contributed by atoms with Crippen LogP contribution in [-0.4, -0.2) is 24.8 Å². The van der Waals surface area contributed by atoms with Crippen LogP contribution in [0.5, 0.6) is 5.75 Å². The molecule has 0 spiro atoms. The summed E-state index contributed by atoms with van der Waals surface area (Å²) in [5.41, 5.74) is 1.42. The number of hydrogen-bond donors (Lipinski definition) is 1. The fourth-order valence-electron chi connectivity index (χ4n) is 2.54. The zero-order valence-electron chi connectivity index (χ0n) is 13.6. The molecule has 0 aliphatic carbocycles. The van der Waals surface area contributed by atoms with Crippen LogP contribution in [0.15, 0.2) is 48.5 Å². The minimum Gasteiger partial charge on any atom is -0.496 e. The molecule has 0 saturated heterocycles. The van der Waals surface area contributed by atoms with Gasteiger partial charge in [-0.3, -0.25) is 4.79 Å². The molecule has 0 amide bonds. The molecule has 0 aliphatic heterocycles. The van der Waals surface area contributed by atoms with E-state index in [1.165, 1.54) is 25.3 Å². The molecule has 128 valence electrons. The molecule has 0 fully saturated rings. The van der Waals surface area contributed by atoms with Gasteiger partial charge in [0.25, 0.3) is 0 Å². The van der Waals surface area contributed by atoms with E-state index in [4.69, 9.17) is 9.47 Å². The number of hydrogen-bond acceptors (Lipinski definition) is 3. The number of methoxy groups -OCH3 is 1. The van der Waals surface area contributed by atoms with Crippen molar-refractivity contribution in [2.45, 2.75) is 25.4 Å². The Labute approximate surface area is 140 Å². The number of carbonyl (C=O) groups is 1. The molecule has 2 aromatic carbocycles. The first-order valence-electron chi connectivity index (χ1n) is 7.79. The maximum absolute atomic E-state index is 13.5. The van der Waals surface area contributed by atoms with Crippen molar-refractivity contribution in [3.63, 3.8) is 0 Å². The van der Waals surface area contributed by atoms with E-state index in [0.29, 0.717) is 37.4 Å². The second-order valence-electron chi connectivity index (χ2n) is 5.46. The predicted octanol–water partition coefficient (Wildman–Crippen LogP) is 4.00. The molecule has 5 heteroatoms. The summed E-state index contributed by atoms with van der Waals surface area (Å²) >= 11 is 0. The molecule has 2 aromatic rings. The average molecular weight is 332 g/mol. The number of rotatable bonds is 9. The highest BCUT2D eigenvalue weighted by Crippen LogP contribution is 2.31. The summed E-state index contributed by atoms with van der Waals surface area (Å²) in [6, 6.07) is 13.7. The van der Waals surface area contributed by atoms with E-state index in [1.807, 2.05) is 30.3 Å². The zero-order valence-corrected chi connectivity index (χ0v) is 13.6. The molecular formula is C19H21FO4. The number of benzene rings is 2. The Kier molecular flexibility index (Phi) is 6.75. The lowest BCUT2D eigenvalue weighted by atomic mass is 9.93. The molecule has 24 heavy (non-hydrogen) atoms. The Morgan fingerprint density at radius 2 is 1.96 bits per heavy atom. The van der Waals surface area contributed by atoms with Gasteiger partial charge < -0.3 is 14.6 Å². The topological polar surface area (TPSA) is 55.8 Å². The molecule has 0 aliphatic rings. The fourth-order valence-corrected chi connectivity index (χ4v) is 2.54. The Hall–Kier alpha value is -2.40. The van der Waals surface area contributed by atoms with E-state index in [9.17, 15) is 14.3 Å². The zero-order chi connectivity index (χ0) is 17.4. The Morgan fingerprint density at radius 1 is 1.21 bits per heavy atom. The molecule has 0 aromatic heterocycles. The van der Waals surface area contributed by atoms with Gasteiger partial charge in [0.1, 0.15) is 11.6 Å². The first-order valence-corrected chi connectivity index (χ1v) is 7.79. The van der Waals surface area contributed by atoms with Gasteiger partial charge in [-0.15, -0.1) is 0 Å². The largest absolute Gasteiger partial charge is 0.496 e. The highest BCUT2D eigenvalue weighted by molar-refractivity contribution is 5.77. The van der Waals surface area contributed by atoms with Crippen molar-refractivity contribution in [1.82, 2.24) is 0 Å². The summed E-state index contributed by atoms with van der Waals surface area (Å²) in [5.74, 6) is -1.91. The number of ether oxygens (including phenoxy) is 2. The van der Waals surface area contributed by atoms with Crippen molar-refractivity contribution in [1.29, 1.82) is 0 Å². The lowest BCUT2D eigenvalue weighted by molar-refractivity contribution is -0.139. The van der Waals surface area contributed by atoms with Crippen LogP contribution in [0, 0.1) is 5.82 Å². The minimum atomic E-state index is -0.998. The summed E-state index contributed by atoms with van der Waals surface area (Å²) in [4.78, 5) is 11.5. The fraction of sp³-hybridized carbons (Fsp3) is 0.316. The van der Waals surface area contributed by atoms with Crippen LogP contribution in [0.25, 0.3) is 0 Å². The van der Waals surface area contributed by atoms with Crippen molar-refractivity contribution in [3.05, 3.63) is 65.5 Å². The quantitative estimate of drug-likeness (QED) is 0.705. The summed E-state index contributed by atoms with van der Waals surface area (Å²) in [6.07, 6.45) is 0.910. The van der Waals surface area contributed by atoms with Gasteiger partial charge in [-0.05, 0) is 36.6 Å². The normalized spacial score (nSPS) is 11.9. The molecule has 0 heterocycles. The standard InChI is InChI=1S/C19H21FO4/c1-23-18-10-9-15(20)12-17(18)16(19(21)22)8-5-11-24-13-14-6-3-2-4-7-14/h2-4,6-7,9-10,12,16H,5,8,11,13H2,1H3,(H,21,22). The summed E-state index contributed by atoms with van der Waals surface area (Å²) < 4.78 is 24.2. The van der Waals surface area contributed by atoms with Crippen LogP contribution in [0.3, 0.4) is 0 Å². The highest BCUT2D eigenvalue weighted by Gasteiger charge is 2.23. The second-order valence-corrected chi connectivity index (χ2v) is 5.46. The van der Waals surface area contributed by atoms with Gasteiger partial charge in [-0.1, -0.05) is 30.3 Å². The van der Waals surface area contributed by atoms with E-state index in [2.05, 4.69) is 0 Å². The van der Waals surface area contributed by atoms with E-state index >= 15 is 0 Å². The number of carboxylic acid groups (broad SMARTS) is 1. The van der Waals surface area contributed by atoms with Gasteiger partial charge in [0.15, 0.2) is 0 Å². The third-order valence-electron chi connectivity index (χ3n) is 3.76. The summed E-state index contributed by atoms with van der Waals surface area (Å²) in [6.45, 7) is 0.929. The third kappa shape index (κ3) is 5.06. The number of aliphatic carboxylic acids is 1. The van der Waals surface area contributed by atoms with E-state index in [-0.39, 0.29) is 0 Å². The maximum atomic E-state index is 13.5. The smallest absolute Gasteiger partial charge is 0.311 e. The summed E-state index contributed by atoms with van der Waals surface area (Å²) in [7, 11) is 1.44. The maximum Gasteiger partial charge on any atom is 0.311 e. The molecule has 4 nitrogen and oxygen atoms in total. The molecule has 1 unspecified atom stereocenters. The molecule has 1 atom stereocenters. The van der Waals surface area contributed by atoms with Gasteiger partial charge in [-0.25, -0.2) is 4.39 Å². The van der Waals surface area contributed by atoms with Crippen molar-refractivity contribution >= 4 is 5.97 Å². The molecule has 0 saturated carbocycles. The monoisotopic (exact) mass is 332 g/mol. The van der Waals surface area contributed by atoms with Crippen LogP contribution in [0.1, 0.15) is 29.9 Å². The first kappa shape index (κ1) is 17.9. The van der Waals surface area contributed by atoms with Crippen LogP contribution >= 0.6 is 0 Å². The lowest BCUT2D eigenvalue weighted by Crippen LogP contribution is -2.14. The Balaban J connectivity index is 1.90. The van der Waals surface area contributed by atoms with Gasteiger partial charge in [0, 0.05) is 12.2 Å². The molecule has 1 N–H and O–H groups in total. The number of halogens is 1. The SMILES string of the molecule is COc1ccc(F)cc1C(CCCOCc1ccccc1)C(=O)O. The Bertz CT molecular complexity index is 658. The van der Waals surface area contributed by atoms with Crippen LogP contribution in [0.4, 0.5) is 4.39 Å². The summed E-state index contributed by atoms with van der Waals surface area (Å²) in [5, 5.41) is 9.45. The van der Waals surface area contributed by atoms with E-state index in [0.717, 1.165) is 5.56 Å². The third-order valence-corrected chi connectivity index (χ3v) is 3.76.